The van der Waals surface area contributed by atoms with Gasteiger partial charge in [-0.2, -0.15) is 0 Å². The van der Waals surface area contributed by atoms with E-state index in [1.807, 2.05) is 24.4 Å². The summed E-state index contributed by atoms with van der Waals surface area (Å²) in [6.45, 7) is 0.192. The molecule has 0 radical (unpaired) electrons. The average Bonchev–Trinajstić information content (AvgIpc) is 3.48. The second-order valence-corrected chi connectivity index (χ2v) is 9.13. The third kappa shape index (κ3) is 4.63. The summed E-state index contributed by atoms with van der Waals surface area (Å²) in [6, 6.07) is 15.8. The van der Waals surface area contributed by atoms with Gasteiger partial charge in [0.1, 0.15) is 17.3 Å². The highest BCUT2D eigenvalue weighted by Crippen LogP contribution is 2.41. The number of nitrogens with one attached hydrogen (secondary N) is 1. The molecule has 9 nitrogen and oxygen atoms in total. The number of aliphatic hydroxyl groups is 1. The zero-order chi connectivity index (χ0) is 27.7. The van der Waals surface area contributed by atoms with Crippen LogP contribution in [0.25, 0.3) is 16.7 Å². The Hall–Kier alpha value is -4.92. The summed E-state index contributed by atoms with van der Waals surface area (Å²) < 4.78 is 16.0. The Morgan fingerprint density at radius 3 is 2.46 bits per heavy atom. The molecule has 2 heterocycles. The van der Waals surface area contributed by atoms with E-state index < -0.39 is 17.7 Å². The van der Waals surface area contributed by atoms with E-state index in [0.29, 0.717) is 34.8 Å². The first kappa shape index (κ1) is 25.7. The third-order valence-corrected chi connectivity index (χ3v) is 6.98. The van der Waals surface area contributed by atoms with Crippen LogP contribution in [-0.4, -0.2) is 59.7 Å². The van der Waals surface area contributed by atoms with Crippen LogP contribution < -0.4 is 14.2 Å². The molecule has 1 aliphatic rings. The first-order chi connectivity index (χ1) is 18.9. The number of aliphatic hydroxyl groups excluding tert-OH is 1. The van der Waals surface area contributed by atoms with E-state index in [2.05, 4.69) is 4.98 Å². The van der Waals surface area contributed by atoms with Crippen molar-refractivity contribution in [3.63, 3.8) is 0 Å². The number of aromatic hydroxyl groups is 1. The highest BCUT2D eigenvalue weighted by atomic mass is 16.5. The number of H-pyrrole nitrogens is 1. The predicted octanol–water partition coefficient (Wildman–Crippen LogP) is 4.56. The van der Waals surface area contributed by atoms with Gasteiger partial charge in [-0.3, -0.25) is 9.59 Å². The quantitative estimate of drug-likeness (QED) is 0.174. The molecule has 200 valence electrons. The van der Waals surface area contributed by atoms with Crippen molar-refractivity contribution in [3.8, 4) is 23.0 Å². The molecule has 3 aromatic carbocycles. The highest BCUT2D eigenvalue weighted by Gasteiger charge is 2.46. The summed E-state index contributed by atoms with van der Waals surface area (Å²) in [7, 11) is 4.56. The van der Waals surface area contributed by atoms with Crippen molar-refractivity contribution in [2.24, 2.45) is 0 Å². The van der Waals surface area contributed by atoms with Gasteiger partial charge in [-0.25, -0.2) is 0 Å². The van der Waals surface area contributed by atoms with Gasteiger partial charge in [0.15, 0.2) is 11.5 Å². The van der Waals surface area contributed by atoms with Gasteiger partial charge in [-0.1, -0.05) is 12.1 Å². The van der Waals surface area contributed by atoms with Crippen LogP contribution in [0.2, 0.25) is 0 Å². The minimum Gasteiger partial charge on any atom is -0.508 e. The molecule has 0 bridgehead atoms. The maximum absolute atomic E-state index is 13.4. The normalized spacial score (nSPS) is 16.6. The highest BCUT2D eigenvalue weighted by molar-refractivity contribution is 6.46. The number of phenolic OH excluding ortho intramolecular Hbond substituents is 1. The number of rotatable bonds is 8. The van der Waals surface area contributed by atoms with E-state index in [1.54, 1.807) is 37.4 Å². The number of methoxy groups -OCH3 is 3. The summed E-state index contributed by atoms with van der Waals surface area (Å²) in [5.41, 5.74) is 2.58. The minimum absolute atomic E-state index is 0.0204. The van der Waals surface area contributed by atoms with Crippen LogP contribution in [-0.2, 0) is 16.0 Å². The number of fused-ring (bicyclic) bond motifs is 1. The van der Waals surface area contributed by atoms with Crippen LogP contribution in [0.1, 0.15) is 22.7 Å². The van der Waals surface area contributed by atoms with Gasteiger partial charge in [-0.15, -0.1) is 0 Å². The number of carbonyl (C=O) groups excluding carboxylic acids is 2. The predicted molar refractivity (Wildman–Crippen MR) is 145 cm³/mol. The second-order valence-electron chi connectivity index (χ2n) is 9.13. The molecule has 0 spiro atoms. The standard InChI is InChI=1S/C30H28N2O7/c1-37-21-8-9-23-22(15-21)19(16-31-23)11-12-32-27(17-5-4-6-20(33)13-17)26(29(35)30(32)36)28(34)18-7-10-24(38-2)25(14-18)39-3/h4-10,13-16,27,31,33-34H,11-12H2,1-3H3/t27-/m1/s1. The van der Waals surface area contributed by atoms with E-state index in [-0.39, 0.29) is 23.6 Å². The Labute approximate surface area is 224 Å². The number of hydrogen-bond acceptors (Lipinski definition) is 7. The second kappa shape index (κ2) is 10.4. The fraction of sp³-hybridized carbons (Fsp3) is 0.200. The van der Waals surface area contributed by atoms with Crippen molar-refractivity contribution >= 4 is 28.4 Å². The van der Waals surface area contributed by atoms with Crippen LogP contribution >= 0.6 is 0 Å². The lowest BCUT2D eigenvalue weighted by Crippen LogP contribution is -2.31. The molecule has 0 aliphatic carbocycles. The maximum Gasteiger partial charge on any atom is 0.295 e. The number of Topliss-reactive ketones (excluding diaryl/α,β-unsaturated/α-hetero) is 1. The summed E-state index contributed by atoms with van der Waals surface area (Å²) in [5.74, 6) is -0.388. The number of aromatic nitrogens is 1. The molecule has 1 atom stereocenters. The topological polar surface area (TPSA) is 121 Å². The summed E-state index contributed by atoms with van der Waals surface area (Å²) >= 11 is 0. The van der Waals surface area contributed by atoms with Crippen LogP contribution in [0.15, 0.2) is 72.4 Å². The summed E-state index contributed by atoms with van der Waals surface area (Å²) in [5, 5.41) is 22.5. The van der Waals surface area contributed by atoms with Crippen molar-refractivity contribution in [2.75, 3.05) is 27.9 Å². The molecule has 1 saturated heterocycles. The Balaban J connectivity index is 1.57. The van der Waals surface area contributed by atoms with Gasteiger partial charge >= 0.3 is 0 Å². The molecule has 1 aliphatic heterocycles. The van der Waals surface area contributed by atoms with E-state index in [9.17, 15) is 19.8 Å². The monoisotopic (exact) mass is 528 g/mol. The number of carbonyl (C=O) groups is 2. The van der Waals surface area contributed by atoms with Gasteiger partial charge in [-0.05, 0) is 66.1 Å². The number of aromatic amines is 1. The molecule has 39 heavy (non-hydrogen) atoms. The molecule has 4 aromatic rings. The molecular formula is C30H28N2O7. The van der Waals surface area contributed by atoms with Crippen molar-refractivity contribution in [2.45, 2.75) is 12.5 Å². The van der Waals surface area contributed by atoms with Crippen LogP contribution in [0.4, 0.5) is 0 Å². The van der Waals surface area contributed by atoms with E-state index in [4.69, 9.17) is 14.2 Å². The molecular weight excluding hydrogens is 500 g/mol. The summed E-state index contributed by atoms with van der Waals surface area (Å²) in [4.78, 5) is 31.4. The van der Waals surface area contributed by atoms with Gasteiger partial charge in [0, 0.05) is 29.2 Å². The molecule has 0 unspecified atom stereocenters. The lowest BCUT2D eigenvalue weighted by Gasteiger charge is -2.25. The fourth-order valence-electron chi connectivity index (χ4n) is 5.02. The van der Waals surface area contributed by atoms with E-state index >= 15 is 0 Å². The van der Waals surface area contributed by atoms with Crippen LogP contribution in [0.5, 0.6) is 23.0 Å². The molecule has 5 rings (SSSR count). The molecule has 1 fully saturated rings. The van der Waals surface area contributed by atoms with Gasteiger partial charge < -0.3 is 34.3 Å². The van der Waals surface area contributed by atoms with Crippen LogP contribution in [0, 0.1) is 0 Å². The molecule has 9 heteroatoms. The zero-order valence-corrected chi connectivity index (χ0v) is 21.7. The average molecular weight is 529 g/mol. The number of hydrogen-bond donors (Lipinski definition) is 3. The van der Waals surface area contributed by atoms with Crippen molar-refractivity contribution in [1.29, 1.82) is 0 Å². The number of amides is 1. The number of ether oxygens (including phenoxy) is 3. The molecule has 1 aromatic heterocycles. The number of phenols is 1. The summed E-state index contributed by atoms with van der Waals surface area (Å²) in [6.07, 6.45) is 2.31. The SMILES string of the molecule is COc1ccc2[nH]cc(CCN3C(=O)C(=O)C(=C(O)c4ccc(OC)c(OC)c4)[C@H]3c3cccc(O)c3)c2c1. The fourth-order valence-corrected chi connectivity index (χ4v) is 5.02. The van der Waals surface area contributed by atoms with Gasteiger partial charge in [0.05, 0.1) is 32.9 Å². The van der Waals surface area contributed by atoms with Gasteiger partial charge in [0.25, 0.3) is 11.7 Å². The first-order valence-corrected chi connectivity index (χ1v) is 12.3. The van der Waals surface area contributed by atoms with E-state index in [0.717, 1.165) is 16.5 Å². The first-order valence-electron chi connectivity index (χ1n) is 12.3. The molecule has 3 N–H and O–H groups in total. The largest absolute Gasteiger partial charge is 0.508 e. The third-order valence-electron chi connectivity index (χ3n) is 6.98. The Bertz CT molecular complexity index is 1600. The smallest absolute Gasteiger partial charge is 0.295 e. The minimum atomic E-state index is -0.912. The maximum atomic E-state index is 13.4. The van der Waals surface area contributed by atoms with Crippen LogP contribution in [0.3, 0.4) is 0 Å². The number of likely N-dealkylation sites (tertiary alicyclic amines) is 1. The number of benzene rings is 3. The molecule has 0 saturated carbocycles. The number of ketones is 1. The molecule has 1 amide bonds. The Morgan fingerprint density at radius 2 is 1.74 bits per heavy atom. The number of nitrogens with zero attached hydrogens (tertiary/aromatic N) is 1. The lowest BCUT2D eigenvalue weighted by atomic mass is 9.95. The lowest BCUT2D eigenvalue weighted by molar-refractivity contribution is -0.139. The van der Waals surface area contributed by atoms with E-state index in [1.165, 1.54) is 31.3 Å². The zero-order valence-electron chi connectivity index (χ0n) is 21.7. The Kier molecular flexibility index (Phi) is 6.89. The van der Waals surface area contributed by atoms with Crippen molar-refractivity contribution in [3.05, 3.63) is 89.1 Å². The van der Waals surface area contributed by atoms with Crippen molar-refractivity contribution in [1.82, 2.24) is 9.88 Å². The van der Waals surface area contributed by atoms with Gasteiger partial charge in [0.2, 0.25) is 0 Å². The van der Waals surface area contributed by atoms with Crippen molar-refractivity contribution < 1.29 is 34.0 Å². The Morgan fingerprint density at radius 1 is 0.949 bits per heavy atom.